The minimum atomic E-state index is -1.01. The van der Waals surface area contributed by atoms with E-state index in [1.165, 1.54) is 0 Å². The van der Waals surface area contributed by atoms with Gasteiger partial charge in [-0.05, 0) is 56.7 Å². The third-order valence-electron chi connectivity index (χ3n) is 7.13. The average molecular weight is 497 g/mol. The Morgan fingerprint density at radius 3 is 2.51 bits per heavy atom. The standard InChI is InChI=1S/C28H28N6O3/c1-16-23(7-8-25(31-16)33-14-20(35)15-33)34-26-21-10-17(18-9-19(12-29-11-18)28(2,3)37)5-6-22(21)30-13-24(26)32(4)27(34)36/h5-13,20,35,37H,14-15H2,1-4H3. The highest BCUT2D eigenvalue weighted by Gasteiger charge is 2.26. The fraction of sp³-hybridized carbons (Fsp3) is 0.286. The van der Waals surface area contributed by atoms with Crippen LogP contribution in [0.1, 0.15) is 25.1 Å². The van der Waals surface area contributed by atoms with Gasteiger partial charge in [0.15, 0.2) is 0 Å². The Morgan fingerprint density at radius 1 is 1.03 bits per heavy atom. The zero-order valence-electron chi connectivity index (χ0n) is 21.2. The minimum Gasteiger partial charge on any atom is -0.389 e. The second kappa shape index (κ2) is 8.22. The largest absolute Gasteiger partial charge is 0.389 e. The molecule has 0 spiro atoms. The first-order valence-electron chi connectivity index (χ1n) is 12.2. The van der Waals surface area contributed by atoms with Crippen molar-refractivity contribution in [1.82, 2.24) is 24.1 Å². The highest BCUT2D eigenvalue weighted by atomic mass is 16.3. The SMILES string of the molecule is Cc1nc(N2CC(O)C2)ccc1-n1c(=O)n(C)c2cnc3ccc(-c4cncc(C(C)(C)O)c4)cc3c21. The zero-order valence-corrected chi connectivity index (χ0v) is 21.2. The molecule has 4 aromatic heterocycles. The Kier molecular flexibility index (Phi) is 5.18. The summed E-state index contributed by atoms with van der Waals surface area (Å²) in [5.41, 5.74) is 4.94. The number of hydrogen-bond donors (Lipinski definition) is 2. The molecule has 37 heavy (non-hydrogen) atoms. The third-order valence-corrected chi connectivity index (χ3v) is 7.13. The lowest BCUT2D eigenvalue weighted by molar-refractivity contribution is 0.0783. The van der Waals surface area contributed by atoms with Gasteiger partial charge < -0.3 is 15.1 Å². The molecule has 0 atom stereocenters. The summed E-state index contributed by atoms with van der Waals surface area (Å²) < 4.78 is 3.30. The molecular formula is C28H28N6O3. The summed E-state index contributed by atoms with van der Waals surface area (Å²) in [4.78, 5) is 29.2. The number of fused-ring (bicyclic) bond motifs is 3. The van der Waals surface area contributed by atoms with Crippen LogP contribution in [0, 0.1) is 6.92 Å². The minimum absolute atomic E-state index is 0.183. The van der Waals surface area contributed by atoms with Gasteiger partial charge in [0.25, 0.3) is 0 Å². The van der Waals surface area contributed by atoms with Crippen LogP contribution in [-0.4, -0.2) is 53.5 Å². The maximum atomic E-state index is 13.5. The van der Waals surface area contributed by atoms with Gasteiger partial charge >= 0.3 is 5.69 Å². The Morgan fingerprint density at radius 2 is 1.81 bits per heavy atom. The molecule has 0 unspecified atom stereocenters. The van der Waals surface area contributed by atoms with E-state index in [-0.39, 0.29) is 11.8 Å². The summed E-state index contributed by atoms with van der Waals surface area (Å²) in [5, 5.41) is 21.0. The van der Waals surface area contributed by atoms with Crippen LogP contribution in [0.4, 0.5) is 5.82 Å². The lowest BCUT2D eigenvalue weighted by atomic mass is 9.96. The van der Waals surface area contributed by atoms with E-state index in [1.807, 2.05) is 48.2 Å². The topological polar surface area (TPSA) is 109 Å². The van der Waals surface area contributed by atoms with Gasteiger partial charge in [0.1, 0.15) is 5.82 Å². The van der Waals surface area contributed by atoms with E-state index in [2.05, 4.69) is 9.97 Å². The van der Waals surface area contributed by atoms with Crippen molar-refractivity contribution in [2.75, 3.05) is 18.0 Å². The van der Waals surface area contributed by atoms with Gasteiger partial charge in [0.2, 0.25) is 0 Å². The van der Waals surface area contributed by atoms with E-state index in [1.54, 1.807) is 48.6 Å². The second-order valence-electron chi connectivity index (χ2n) is 10.3. The van der Waals surface area contributed by atoms with Crippen LogP contribution < -0.4 is 10.6 Å². The molecule has 0 bridgehead atoms. The third kappa shape index (κ3) is 3.78. The van der Waals surface area contributed by atoms with E-state index in [0.717, 1.165) is 44.6 Å². The first-order chi connectivity index (χ1) is 17.6. The molecule has 0 amide bonds. The first-order valence-corrected chi connectivity index (χ1v) is 12.2. The number of benzene rings is 1. The van der Waals surface area contributed by atoms with Crippen molar-refractivity contribution in [2.45, 2.75) is 32.5 Å². The lowest BCUT2D eigenvalue weighted by Crippen LogP contribution is -2.51. The number of pyridine rings is 3. The number of aliphatic hydroxyl groups is 2. The molecule has 1 aliphatic heterocycles. The lowest BCUT2D eigenvalue weighted by Gasteiger charge is -2.37. The maximum absolute atomic E-state index is 13.5. The summed E-state index contributed by atoms with van der Waals surface area (Å²) in [6.45, 7) is 6.47. The molecule has 5 aromatic rings. The summed E-state index contributed by atoms with van der Waals surface area (Å²) >= 11 is 0. The number of β-amino-alcohol motifs (C(OH)–C–C–N with tert-alkyl or cyclic N) is 1. The van der Waals surface area contributed by atoms with Crippen LogP contribution in [0.15, 0.2) is 59.8 Å². The van der Waals surface area contributed by atoms with Crippen LogP contribution in [0.25, 0.3) is 38.8 Å². The number of aromatic nitrogens is 5. The molecule has 9 heteroatoms. The van der Waals surface area contributed by atoms with E-state index in [0.29, 0.717) is 24.3 Å². The highest BCUT2D eigenvalue weighted by molar-refractivity contribution is 6.04. The van der Waals surface area contributed by atoms with E-state index in [9.17, 15) is 15.0 Å². The molecule has 6 rings (SSSR count). The number of nitrogens with zero attached hydrogens (tertiary/aromatic N) is 6. The zero-order chi connectivity index (χ0) is 26.1. The predicted molar refractivity (Wildman–Crippen MR) is 143 cm³/mol. The number of aryl methyl sites for hydroxylation is 2. The summed E-state index contributed by atoms with van der Waals surface area (Å²) in [5.74, 6) is 0.785. The van der Waals surface area contributed by atoms with Crippen molar-refractivity contribution in [3.63, 3.8) is 0 Å². The molecule has 5 heterocycles. The Bertz CT molecular complexity index is 1740. The van der Waals surface area contributed by atoms with Crippen LogP contribution in [-0.2, 0) is 12.6 Å². The summed E-state index contributed by atoms with van der Waals surface area (Å²) in [7, 11) is 1.74. The monoisotopic (exact) mass is 496 g/mol. The molecule has 0 saturated carbocycles. The molecule has 1 fully saturated rings. The van der Waals surface area contributed by atoms with Gasteiger partial charge in [-0.25, -0.2) is 9.78 Å². The molecule has 2 N–H and O–H groups in total. The normalized spacial score (nSPS) is 14.5. The first kappa shape index (κ1) is 23.3. The smallest absolute Gasteiger partial charge is 0.333 e. The number of hydrogen-bond acceptors (Lipinski definition) is 7. The van der Waals surface area contributed by atoms with E-state index in [4.69, 9.17) is 4.98 Å². The Balaban J connectivity index is 1.56. The van der Waals surface area contributed by atoms with Gasteiger partial charge in [0.05, 0.1) is 45.8 Å². The van der Waals surface area contributed by atoms with Crippen molar-refractivity contribution >= 4 is 27.8 Å². The average Bonchev–Trinajstić information content (AvgIpc) is 3.11. The molecular weight excluding hydrogens is 468 g/mol. The van der Waals surface area contributed by atoms with E-state index >= 15 is 0 Å². The van der Waals surface area contributed by atoms with E-state index < -0.39 is 5.60 Å². The molecule has 1 aliphatic rings. The fourth-order valence-electron chi connectivity index (χ4n) is 4.93. The molecule has 0 aliphatic carbocycles. The highest BCUT2D eigenvalue weighted by Crippen LogP contribution is 2.32. The quantitative estimate of drug-likeness (QED) is 0.394. The molecule has 188 valence electrons. The fourth-order valence-corrected chi connectivity index (χ4v) is 4.93. The van der Waals surface area contributed by atoms with Crippen molar-refractivity contribution in [2.24, 2.45) is 7.05 Å². The van der Waals surface area contributed by atoms with Gasteiger partial charge in [0, 0.05) is 49.0 Å². The van der Waals surface area contributed by atoms with Gasteiger partial charge in [-0.2, -0.15) is 0 Å². The number of rotatable bonds is 4. The van der Waals surface area contributed by atoms with Crippen LogP contribution >= 0.6 is 0 Å². The van der Waals surface area contributed by atoms with Gasteiger partial charge in [-0.1, -0.05) is 6.07 Å². The van der Waals surface area contributed by atoms with Crippen LogP contribution in [0.3, 0.4) is 0 Å². The summed E-state index contributed by atoms with van der Waals surface area (Å²) in [6, 6.07) is 11.7. The molecule has 0 radical (unpaired) electrons. The Hall–Kier alpha value is -4.08. The maximum Gasteiger partial charge on any atom is 0.333 e. The van der Waals surface area contributed by atoms with Crippen molar-refractivity contribution < 1.29 is 10.2 Å². The van der Waals surface area contributed by atoms with Gasteiger partial charge in [-0.15, -0.1) is 0 Å². The predicted octanol–water partition coefficient (Wildman–Crippen LogP) is 3.05. The molecule has 1 aromatic carbocycles. The van der Waals surface area contributed by atoms with Crippen LogP contribution in [0.2, 0.25) is 0 Å². The number of imidazole rings is 1. The number of aliphatic hydroxyl groups excluding tert-OH is 1. The van der Waals surface area contributed by atoms with Crippen molar-refractivity contribution in [3.05, 3.63) is 76.7 Å². The molecule has 1 saturated heterocycles. The Labute approximate surface area is 213 Å². The molecule has 9 nitrogen and oxygen atoms in total. The van der Waals surface area contributed by atoms with Crippen molar-refractivity contribution in [3.8, 4) is 16.8 Å². The van der Waals surface area contributed by atoms with Gasteiger partial charge in [-0.3, -0.25) is 19.1 Å². The summed E-state index contributed by atoms with van der Waals surface area (Å²) in [6.07, 6.45) is 4.83. The van der Waals surface area contributed by atoms with Crippen molar-refractivity contribution in [1.29, 1.82) is 0 Å². The number of anilines is 1. The van der Waals surface area contributed by atoms with Crippen LogP contribution in [0.5, 0.6) is 0 Å². The second-order valence-corrected chi connectivity index (χ2v) is 10.3.